The number of aliphatic hydroxyl groups excluding tert-OH is 1. The maximum atomic E-state index is 12.8. The number of nitrogens with one attached hydrogen (secondary N) is 1. The Morgan fingerprint density at radius 2 is 2.10 bits per heavy atom. The molecule has 116 valence electrons. The van der Waals surface area contributed by atoms with Gasteiger partial charge < -0.3 is 15.7 Å². The van der Waals surface area contributed by atoms with Crippen LogP contribution in [0.2, 0.25) is 0 Å². The summed E-state index contributed by atoms with van der Waals surface area (Å²) in [5.41, 5.74) is 4.57. The van der Waals surface area contributed by atoms with Gasteiger partial charge in [0.1, 0.15) is 17.3 Å². The summed E-state index contributed by atoms with van der Waals surface area (Å²) in [6, 6.07) is 2.01. The highest BCUT2D eigenvalue weighted by molar-refractivity contribution is 5.99. The zero-order chi connectivity index (χ0) is 15.6. The zero-order valence-electron chi connectivity index (χ0n) is 11.3. The van der Waals surface area contributed by atoms with Gasteiger partial charge in [-0.05, 0) is 31.4 Å². The van der Waals surface area contributed by atoms with E-state index in [-0.39, 0.29) is 36.4 Å². The number of alkyl halides is 3. The van der Waals surface area contributed by atoms with Gasteiger partial charge in [0.05, 0.1) is 12.2 Å². The largest absolute Gasteiger partial charge is 0.433 e. The number of halogens is 3. The standard InChI is InChI=1S/C13H17F3N4O/c14-13(15,16)10-5-4-9(11(17)18)12(19-10)20(6-7-21)8-2-1-3-8/h4-5,8,21H,1-3,6-7H2,(H3,17,18). The van der Waals surface area contributed by atoms with E-state index in [0.29, 0.717) is 0 Å². The number of nitrogens with zero attached hydrogens (tertiary/aromatic N) is 2. The molecule has 1 aliphatic carbocycles. The molecule has 0 amide bonds. The van der Waals surface area contributed by atoms with E-state index in [1.54, 1.807) is 4.90 Å². The first-order chi connectivity index (χ1) is 9.84. The van der Waals surface area contributed by atoms with Gasteiger partial charge in [0.25, 0.3) is 0 Å². The van der Waals surface area contributed by atoms with E-state index in [4.69, 9.17) is 16.2 Å². The summed E-state index contributed by atoms with van der Waals surface area (Å²) >= 11 is 0. The maximum Gasteiger partial charge on any atom is 0.433 e. The van der Waals surface area contributed by atoms with Crippen LogP contribution in [0.1, 0.15) is 30.5 Å². The second kappa shape index (κ2) is 5.88. The molecule has 0 saturated heterocycles. The molecule has 0 atom stereocenters. The van der Waals surface area contributed by atoms with Crippen molar-refractivity contribution in [3.63, 3.8) is 0 Å². The van der Waals surface area contributed by atoms with Gasteiger partial charge in [-0.25, -0.2) is 4.98 Å². The van der Waals surface area contributed by atoms with Crippen LogP contribution in [-0.4, -0.2) is 35.1 Å². The number of nitrogen functional groups attached to an aromatic ring is 1. The molecule has 0 unspecified atom stereocenters. The Bertz CT molecular complexity index is 529. The molecular formula is C13H17F3N4O. The number of pyridine rings is 1. The van der Waals surface area contributed by atoms with Crippen LogP contribution in [0.25, 0.3) is 0 Å². The van der Waals surface area contributed by atoms with E-state index in [9.17, 15) is 13.2 Å². The van der Waals surface area contributed by atoms with Gasteiger partial charge in [-0.1, -0.05) is 0 Å². The minimum absolute atomic E-state index is 0.0241. The Balaban J connectivity index is 2.47. The average Bonchev–Trinajstić information content (AvgIpc) is 2.34. The van der Waals surface area contributed by atoms with Crippen molar-refractivity contribution in [3.05, 3.63) is 23.4 Å². The first-order valence-electron chi connectivity index (χ1n) is 6.64. The Hall–Kier alpha value is -1.83. The van der Waals surface area contributed by atoms with Crippen molar-refractivity contribution in [2.24, 2.45) is 5.73 Å². The lowest BCUT2D eigenvalue weighted by molar-refractivity contribution is -0.141. The first kappa shape index (κ1) is 15.6. The second-order valence-corrected chi connectivity index (χ2v) is 4.98. The van der Waals surface area contributed by atoms with Crippen LogP contribution < -0.4 is 10.6 Å². The Labute approximate surface area is 120 Å². The van der Waals surface area contributed by atoms with Gasteiger partial charge in [0.15, 0.2) is 0 Å². The number of hydrogen-bond acceptors (Lipinski definition) is 4. The van der Waals surface area contributed by atoms with E-state index in [2.05, 4.69) is 4.98 Å². The summed E-state index contributed by atoms with van der Waals surface area (Å²) in [4.78, 5) is 5.28. The van der Waals surface area contributed by atoms with Crippen LogP contribution in [0.4, 0.5) is 19.0 Å². The minimum atomic E-state index is -4.56. The smallest absolute Gasteiger partial charge is 0.395 e. The third-order valence-corrected chi connectivity index (χ3v) is 3.58. The van der Waals surface area contributed by atoms with Crippen molar-refractivity contribution in [2.75, 3.05) is 18.1 Å². The SMILES string of the molecule is N=C(N)c1ccc(C(F)(F)F)nc1N(CCO)C1CCC1. The molecule has 1 heterocycles. The Kier molecular flexibility index (Phi) is 4.36. The van der Waals surface area contributed by atoms with Gasteiger partial charge in [-0.3, -0.25) is 5.41 Å². The molecule has 0 aromatic carbocycles. The second-order valence-electron chi connectivity index (χ2n) is 4.98. The highest BCUT2D eigenvalue weighted by Crippen LogP contribution is 2.34. The third kappa shape index (κ3) is 3.26. The molecule has 0 aliphatic heterocycles. The molecule has 5 nitrogen and oxygen atoms in total. The molecule has 1 aromatic rings. The van der Waals surface area contributed by atoms with Crippen molar-refractivity contribution in [2.45, 2.75) is 31.5 Å². The number of amidine groups is 1. The van der Waals surface area contributed by atoms with Crippen molar-refractivity contribution in [3.8, 4) is 0 Å². The topological polar surface area (TPSA) is 86.2 Å². The van der Waals surface area contributed by atoms with Crippen LogP contribution in [0, 0.1) is 5.41 Å². The van der Waals surface area contributed by atoms with Crippen LogP contribution >= 0.6 is 0 Å². The van der Waals surface area contributed by atoms with E-state index in [1.807, 2.05) is 0 Å². The lowest BCUT2D eigenvalue weighted by Gasteiger charge is -2.39. The van der Waals surface area contributed by atoms with Crippen molar-refractivity contribution < 1.29 is 18.3 Å². The van der Waals surface area contributed by atoms with Crippen LogP contribution in [0.15, 0.2) is 12.1 Å². The van der Waals surface area contributed by atoms with Crippen molar-refractivity contribution in [1.82, 2.24) is 4.98 Å². The third-order valence-electron chi connectivity index (χ3n) is 3.58. The molecule has 1 fully saturated rings. The molecule has 0 radical (unpaired) electrons. The normalized spacial score (nSPS) is 15.6. The highest BCUT2D eigenvalue weighted by Gasteiger charge is 2.35. The summed E-state index contributed by atoms with van der Waals surface area (Å²) in [5, 5.41) is 16.7. The maximum absolute atomic E-state index is 12.8. The number of rotatable bonds is 5. The van der Waals surface area contributed by atoms with Crippen molar-refractivity contribution in [1.29, 1.82) is 5.41 Å². The Morgan fingerprint density at radius 3 is 2.52 bits per heavy atom. The monoisotopic (exact) mass is 302 g/mol. The molecule has 8 heteroatoms. The van der Waals surface area contributed by atoms with Crippen LogP contribution in [0.3, 0.4) is 0 Å². The summed E-state index contributed by atoms with van der Waals surface area (Å²) < 4.78 is 38.5. The number of aromatic nitrogens is 1. The number of anilines is 1. The van der Waals surface area contributed by atoms with Crippen LogP contribution in [0.5, 0.6) is 0 Å². The number of aliphatic hydroxyl groups is 1. The summed E-state index contributed by atoms with van der Waals surface area (Å²) in [7, 11) is 0. The van der Waals surface area contributed by atoms with Gasteiger partial charge in [-0.2, -0.15) is 13.2 Å². The molecule has 2 rings (SSSR count). The number of nitrogens with two attached hydrogens (primary N) is 1. The molecular weight excluding hydrogens is 285 g/mol. The predicted molar refractivity (Wildman–Crippen MR) is 72.3 cm³/mol. The number of hydrogen-bond donors (Lipinski definition) is 3. The molecule has 1 aliphatic rings. The fraction of sp³-hybridized carbons (Fsp3) is 0.538. The van der Waals surface area contributed by atoms with Gasteiger partial charge in [0.2, 0.25) is 0 Å². The van der Waals surface area contributed by atoms with E-state index in [1.165, 1.54) is 0 Å². The van der Waals surface area contributed by atoms with E-state index >= 15 is 0 Å². The quantitative estimate of drug-likeness (QED) is 0.571. The van der Waals surface area contributed by atoms with E-state index in [0.717, 1.165) is 31.4 Å². The fourth-order valence-corrected chi connectivity index (χ4v) is 2.30. The summed E-state index contributed by atoms with van der Waals surface area (Å²) in [5.74, 6) is -0.315. The summed E-state index contributed by atoms with van der Waals surface area (Å²) in [6.45, 7) is -0.0367. The zero-order valence-corrected chi connectivity index (χ0v) is 11.3. The average molecular weight is 302 g/mol. The van der Waals surface area contributed by atoms with E-state index < -0.39 is 11.9 Å². The molecule has 0 spiro atoms. The Morgan fingerprint density at radius 1 is 1.43 bits per heavy atom. The fourth-order valence-electron chi connectivity index (χ4n) is 2.30. The lowest BCUT2D eigenvalue weighted by Crippen LogP contribution is -2.43. The molecule has 1 aromatic heterocycles. The molecule has 21 heavy (non-hydrogen) atoms. The first-order valence-corrected chi connectivity index (χ1v) is 6.64. The van der Waals surface area contributed by atoms with Gasteiger partial charge in [0, 0.05) is 12.6 Å². The van der Waals surface area contributed by atoms with Gasteiger partial charge >= 0.3 is 6.18 Å². The molecule has 4 N–H and O–H groups in total. The molecule has 0 bridgehead atoms. The van der Waals surface area contributed by atoms with Crippen molar-refractivity contribution >= 4 is 11.7 Å². The predicted octanol–water partition coefficient (Wildman–Crippen LogP) is 1.74. The van der Waals surface area contributed by atoms with Gasteiger partial charge in [-0.15, -0.1) is 0 Å². The summed E-state index contributed by atoms with van der Waals surface area (Å²) in [6.07, 6.45) is -1.92. The highest BCUT2D eigenvalue weighted by atomic mass is 19.4. The minimum Gasteiger partial charge on any atom is -0.395 e. The molecule has 1 saturated carbocycles. The lowest BCUT2D eigenvalue weighted by atomic mass is 9.91. The van der Waals surface area contributed by atoms with Crippen LogP contribution in [-0.2, 0) is 6.18 Å².